The number of carbonyl (C=O) groups excluding carboxylic acids is 2. The number of ether oxygens (including phenoxy) is 1. The number of Topliss-reactive ketones (excluding diaryl/α,β-unsaturated/α-hetero) is 2. The van der Waals surface area contributed by atoms with E-state index in [-0.39, 0.29) is 22.4 Å². The smallest absolute Gasteiger partial charge is 0.221 e. The average molecular weight is 613 g/mol. The molecular formula is C40H52O5. The van der Waals surface area contributed by atoms with E-state index >= 15 is 0 Å². The number of hydrogen-bond acceptors (Lipinski definition) is 5. The van der Waals surface area contributed by atoms with Crippen LogP contribution in [-0.2, 0) is 24.1 Å². The van der Waals surface area contributed by atoms with Crippen LogP contribution in [0.15, 0.2) is 118 Å². The van der Waals surface area contributed by atoms with E-state index in [1.807, 2.05) is 76.3 Å². The van der Waals surface area contributed by atoms with Gasteiger partial charge in [0.1, 0.15) is 0 Å². The molecule has 5 nitrogen and oxygen atoms in total. The van der Waals surface area contributed by atoms with Gasteiger partial charge in [-0.05, 0) is 99.7 Å². The first-order chi connectivity index (χ1) is 21.0. The minimum Gasteiger partial charge on any atom is -0.308 e. The third-order valence-corrected chi connectivity index (χ3v) is 8.84. The molecule has 0 N–H and O–H groups in total. The quantitative estimate of drug-likeness (QED) is 0.181. The van der Waals surface area contributed by atoms with Crippen molar-refractivity contribution in [2.45, 2.75) is 107 Å². The molecule has 0 bridgehead atoms. The minimum atomic E-state index is -1.00. The predicted octanol–water partition coefficient (Wildman–Crippen LogP) is 10.0. The Morgan fingerprint density at radius 1 is 0.689 bits per heavy atom. The van der Waals surface area contributed by atoms with Gasteiger partial charge in [0.2, 0.25) is 12.1 Å². The molecule has 5 heteroatoms. The van der Waals surface area contributed by atoms with Crippen LogP contribution in [0.4, 0.5) is 0 Å². The molecule has 242 valence electrons. The van der Waals surface area contributed by atoms with E-state index in [4.69, 9.17) is 14.5 Å². The lowest BCUT2D eigenvalue weighted by Gasteiger charge is -2.32. The first-order valence-electron chi connectivity index (χ1n) is 16.0. The summed E-state index contributed by atoms with van der Waals surface area (Å²) in [5.74, 6) is -0.511. The zero-order chi connectivity index (χ0) is 33.4. The van der Waals surface area contributed by atoms with Gasteiger partial charge in [-0.15, -0.1) is 0 Å². The van der Waals surface area contributed by atoms with E-state index in [9.17, 15) is 9.59 Å². The van der Waals surface area contributed by atoms with Crippen LogP contribution in [0.2, 0.25) is 0 Å². The van der Waals surface area contributed by atoms with Crippen molar-refractivity contribution in [1.82, 2.24) is 0 Å². The number of ketones is 2. The highest BCUT2D eigenvalue weighted by molar-refractivity contribution is 5.97. The van der Waals surface area contributed by atoms with Crippen molar-refractivity contribution in [2.24, 2.45) is 10.8 Å². The normalized spacial score (nSPS) is 27.2. The molecule has 3 aliphatic rings. The lowest BCUT2D eigenvalue weighted by atomic mass is 9.72. The van der Waals surface area contributed by atoms with Crippen LogP contribution in [0, 0.1) is 10.8 Å². The summed E-state index contributed by atoms with van der Waals surface area (Å²) < 4.78 is 5.94. The average Bonchev–Trinajstić information content (AvgIpc) is 3.33. The largest absolute Gasteiger partial charge is 0.308 e. The number of allylic oxidation sites excluding steroid dienone is 18. The number of hydrogen-bond donors (Lipinski definition) is 0. The highest BCUT2D eigenvalue weighted by atomic mass is 17.3. The lowest BCUT2D eigenvalue weighted by molar-refractivity contribution is -0.307. The molecule has 1 fully saturated rings. The molecule has 2 aliphatic carbocycles. The number of rotatable bonds is 10. The van der Waals surface area contributed by atoms with Gasteiger partial charge in [0.25, 0.3) is 0 Å². The van der Waals surface area contributed by atoms with Gasteiger partial charge in [-0.3, -0.25) is 9.59 Å². The lowest BCUT2D eigenvalue weighted by Crippen LogP contribution is -2.24. The highest BCUT2D eigenvalue weighted by Crippen LogP contribution is 2.40. The van der Waals surface area contributed by atoms with Crippen molar-refractivity contribution >= 4 is 11.6 Å². The Hall–Kier alpha value is -3.38. The molecule has 0 radical (unpaired) electrons. The maximum atomic E-state index is 12.2. The summed E-state index contributed by atoms with van der Waals surface area (Å²) in [6.07, 6.45) is 28.1. The van der Waals surface area contributed by atoms with Gasteiger partial charge < -0.3 is 4.74 Å². The van der Waals surface area contributed by atoms with Crippen molar-refractivity contribution in [2.75, 3.05) is 0 Å². The van der Waals surface area contributed by atoms with Crippen molar-refractivity contribution in [3.63, 3.8) is 0 Å². The van der Waals surface area contributed by atoms with Crippen LogP contribution >= 0.6 is 0 Å². The second kappa shape index (κ2) is 15.3. The molecule has 0 aromatic heterocycles. The fraction of sp³-hybridized carbons (Fsp3) is 0.450. The molecule has 45 heavy (non-hydrogen) atoms. The first-order valence-corrected chi connectivity index (χ1v) is 16.0. The fourth-order valence-electron chi connectivity index (χ4n) is 5.69. The molecule has 0 saturated carbocycles. The third-order valence-electron chi connectivity index (χ3n) is 8.84. The monoisotopic (exact) mass is 612 g/mol. The van der Waals surface area contributed by atoms with Gasteiger partial charge in [0.05, 0.1) is 0 Å². The number of carbonyl (C=O) groups is 2. The summed E-state index contributed by atoms with van der Waals surface area (Å²) in [7, 11) is 0. The van der Waals surface area contributed by atoms with Gasteiger partial charge in [-0.2, -0.15) is 9.78 Å². The van der Waals surface area contributed by atoms with Crippen LogP contribution in [0.25, 0.3) is 0 Å². The Morgan fingerprint density at radius 3 is 1.69 bits per heavy atom. The Morgan fingerprint density at radius 2 is 1.16 bits per heavy atom. The molecule has 0 aromatic rings. The molecule has 0 spiro atoms. The molecule has 1 heterocycles. The Balaban J connectivity index is 1.52. The molecule has 1 aliphatic heterocycles. The van der Waals surface area contributed by atoms with Crippen molar-refractivity contribution in [3.8, 4) is 0 Å². The van der Waals surface area contributed by atoms with E-state index in [1.54, 1.807) is 13.0 Å². The molecular weight excluding hydrogens is 560 g/mol. The van der Waals surface area contributed by atoms with E-state index < -0.39 is 12.1 Å². The van der Waals surface area contributed by atoms with Gasteiger partial charge in [0, 0.05) is 12.8 Å². The standard InChI is InChI=1S/C40H52O5/c1-28(14-11-15-29(2)19-21-33-31(4)35(41)23-26-38(33,6)7)16-12-18-37-43-40(10,45-44-37)25-13-17-30(3)20-22-34-32(5)36(42)24-27-39(34,8)9/h11-22,25,37H,23-24,26-27H2,1-10H3/b14-11+,18-12+,21-19+,22-20+,25-13+,28-16+,29-15+,30-17+/t37-,40+/m0/s1. The summed E-state index contributed by atoms with van der Waals surface area (Å²) in [4.78, 5) is 35.2. The van der Waals surface area contributed by atoms with E-state index in [1.165, 1.54) is 0 Å². The van der Waals surface area contributed by atoms with Crippen LogP contribution in [0.1, 0.15) is 94.9 Å². The third kappa shape index (κ3) is 10.3. The molecule has 3 rings (SSSR count). The first kappa shape index (κ1) is 36.1. The minimum absolute atomic E-state index is 0.00502. The van der Waals surface area contributed by atoms with Crippen molar-refractivity contribution < 1.29 is 24.1 Å². The highest BCUT2D eigenvalue weighted by Gasteiger charge is 2.36. The fourth-order valence-corrected chi connectivity index (χ4v) is 5.69. The van der Waals surface area contributed by atoms with Crippen LogP contribution in [-0.4, -0.2) is 23.6 Å². The summed E-state index contributed by atoms with van der Waals surface area (Å²) in [5.41, 5.74) is 7.23. The van der Waals surface area contributed by atoms with E-state index in [2.05, 4.69) is 58.9 Å². The second-order valence-corrected chi connectivity index (χ2v) is 13.9. The molecule has 0 amide bonds. The Bertz CT molecular complexity index is 1460. The molecule has 0 unspecified atom stereocenters. The maximum absolute atomic E-state index is 12.2. The molecule has 2 atom stereocenters. The zero-order valence-electron chi connectivity index (χ0n) is 29.0. The summed E-state index contributed by atoms with van der Waals surface area (Å²) in [5, 5.41) is 0. The Kier molecular flexibility index (Phi) is 12.2. The second-order valence-electron chi connectivity index (χ2n) is 13.9. The Labute approximate surface area is 271 Å². The topological polar surface area (TPSA) is 61.8 Å². The summed E-state index contributed by atoms with van der Waals surface area (Å²) in [6.45, 7) is 20.6. The van der Waals surface area contributed by atoms with Gasteiger partial charge in [-0.1, -0.05) is 111 Å². The summed E-state index contributed by atoms with van der Waals surface area (Å²) in [6, 6.07) is 0. The zero-order valence-corrected chi connectivity index (χ0v) is 29.0. The van der Waals surface area contributed by atoms with Crippen LogP contribution < -0.4 is 0 Å². The van der Waals surface area contributed by atoms with Crippen molar-refractivity contribution in [3.05, 3.63) is 118 Å². The summed E-state index contributed by atoms with van der Waals surface area (Å²) >= 11 is 0. The predicted molar refractivity (Wildman–Crippen MR) is 184 cm³/mol. The van der Waals surface area contributed by atoms with E-state index in [0.29, 0.717) is 12.8 Å². The van der Waals surface area contributed by atoms with Crippen LogP contribution in [0.3, 0.4) is 0 Å². The van der Waals surface area contributed by atoms with Gasteiger partial charge in [0.15, 0.2) is 11.6 Å². The van der Waals surface area contributed by atoms with Crippen molar-refractivity contribution in [1.29, 1.82) is 0 Å². The molecule has 0 aromatic carbocycles. The van der Waals surface area contributed by atoms with E-state index in [0.717, 1.165) is 51.9 Å². The van der Waals surface area contributed by atoms with Gasteiger partial charge >= 0.3 is 0 Å². The maximum Gasteiger partial charge on any atom is 0.221 e. The SMILES string of the molecule is CC1=C(/C=C/C(C)=C/C=C/C(C)=C/C=C/[C@@H]2OO[C@](C)(/C=C/C=C(C)/C=C/C3=C(C)C(=O)CCC3(C)C)O2)C(C)(C)CCC1=O. The molecule has 1 saturated heterocycles. The van der Waals surface area contributed by atoms with Gasteiger partial charge in [-0.25, -0.2) is 0 Å². The van der Waals surface area contributed by atoms with Crippen LogP contribution in [0.5, 0.6) is 0 Å².